The first-order valence-electron chi connectivity index (χ1n) is 17.3. The molecule has 0 aliphatic carbocycles. The molecule has 0 spiro atoms. The van der Waals surface area contributed by atoms with Crippen molar-refractivity contribution in [2.75, 3.05) is 28.3 Å². The number of rotatable bonds is 21. The van der Waals surface area contributed by atoms with Crippen molar-refractivity contribution >= 4 is 57.3 Å². The van der Waals surface area contributed by atoms with Crippen LogP contribution in [0.1, 0.15) is 76.9 Å². The van der Waals surface area contributed by atoms with Gasteiger partial charge in [0.2, 0.25) is 0 Å². The molecule has 0 heterocycles. The number of aliphatic hydroxyl groups excluding tert-OH is 1. The molecule has 5 unspecified atom stereocenters. The van der Waals surface area contributed by atoms with Crippen molar-refractivity contribution in [3.8, 4) is 17.2 Å². The maximum absolute atomic E-state index is 12.6. The molecule has 0 radical (unpaired) electrons. The Morgan fingerprint density at radius 3 is 1.47 bits per heavy atom. The lowest BCUT2D eigenvalue weighted by molar-refractivity contribution is 0.117. The molecule has 0 bridgehead atoms. The summed E-state index contributed by atoms with van der Waals surface area (Å²) in [6, 6.07) is 21.6. The number of benzene rings is 3. The minimum absolute atomic E-state index is 0.377. The van der Waals surface area contributed by atoms with Gasteiger partial charge in [-0.2, -0.15) is 10.2 Å². The monoisotopic (exact) mass is 851 g/mol. The predicted molar refractivity (Wildman–Crippen MR) is 230 cm³/mol. The van der Waals surface area contributed by atoms with E-state index in [2.05, 4.69) is 20.2 Å². The zero-order valence-corrected chi connectivity index (χ0v) is 37.4. The average Bonchev–Trinajstić information content (AvgIpc) is 3.18. The van der Waals surface area contributed by atoms with E-state index < -0.39 is 43.5 Å². The second kappa shape index (κ2) is 20.2. The summed E-state index contributed by atoms with van der Waals surface area (Å²) >= 11 is 12.0. The van der Waals surface area contributed by atoms with Crippen molar-refractivity contribution < 1.29 is 32.9 Å². The maximum Gasteiger partial charge on any atom is 0.362 e. The molecule has 3 rings (SSSR count). The Hall–Kier alpha value is -3.28. The van der Waals surface area contributed by atoms with Crippen LogP contribution in [0.5, 0.6) is 17.2 Å². The van der Waals surface area contributed by atoms with Crippen LogP contribution in [-0.2, 0) is 37.2 Å². The Balaban J connectivity index is 1.62. The van der Waals surface area contributed by atoms with Crippen LogP contribution < -0.4 is 14.2 Å². The van der Waals surface area contributed by atoms with Gasteiger partial charge in [0.15, 0.2) is 11.6 Å². The van der Waals surface area contributed by atoms with Crippen molar-refractivity contribution in [2.24, 2.45) is 15.3 Å². The van der Waals surface area contributed by atoms with Crippen LogP contribution in [0.4, 0.5) is 0 Å². The van der Waals surface area contributed by atoms with Gasteiger partial charge >= 0.3 is 7.60 Å². The highest BCUT2D eigenvalue weighted by atomic mass is 32.4. The SMILES string of the molecule is CCC(C)(Oc1ccc(/C=N/N(C)[PH](=S)C(C)(CC)Oc2ccc(C(O)P(=O)(OC)OC)cc2)cc1)[PH](=S)N(C)/N=C/c1ccc(OC(C)(C)N=[N+]=[N-])cc1. The lowest BCUT2D eigenvalue weighted by atomic mass is 10.2. The molecule has 300 valence electrons. The van der Waals surface area contributed by atoms with Crippen molar-refractivity contribution in [3.63, 3.8) is 0 Å². The molecule has 0 aliphatic rings. The number of nitrogens with zero attached hydrogens (tertiary/aromatic N) is 7. The number of hydrazone groups is 2. The molecule has 19 heteroatoms. The quantitative estimate of drug-likeness (QED) is 0.0271. The van der Waals surface area contributed by atoms with Gasteiger partial charge < -0.3 is 28.4 Å². The first kappa shape index (κ1) is 46.1. The van der Waals surface area contributed by atoms with Crippen molar-refractivity contribution in [1.29, 1.82) is 0 Å². The number of azide groups is 1. The van der Waals surface area contributed by atoms with E-state index in [1.807, 2.05) is 78.2 Å². The summed E-state index contributed by atoms with van der Waals surface area (Å²) in [5, 5.41) is 22.1. The molecule has 5 atom stereocenters. The highest BCUT2D eigenvalue weighted by molar-refractivity contribution is 8.04. The van der Waals surface area contributed by atoms with Crippen LogP contribution in [0.2, 0.25) is 0 Å². The fourth-order valence-electron chi connectivity index (χ4n) is 4.98. The molecule has 55 heavy (non-hydrogen) atoms. The fourth-order valence-corrected chi connectivity index (χ4v) is 10.2. The minimum Gasteiger partial charge on any atom is -0.482 e. The van der Waals surface area contributed by atoms with Crippen molar-refractivity contribution in [2.45, 2.75) is 76.6 Å². The van der Waals surface area contributed by atoms with Crippen LogP contribution in [-0.4, -0.2) is 71.8 Å². The minimum atomic E-state index is -3.70. The Morgan fingerprint density at radius 2 is 1.13 bits per heavy atom. The van der Waals surface area contributed by atoms with Gasteiger partial charge in [-0.15, -0.1) is 0 Å². The van der Waals surface area contributed by atoms with E-state index in [1.54, 1.807) is 72.2 Å². The van der Waals surface area contributed by atoms with Crippen LogP contribution in [0.3, 0.4) is 0 Å². The first-order valence-corrected chi connectivity index (χ1v) is 24.1. The topological polar surface area (TPSA) is 163 Å². The van der Waals surface area contributed by atoms with E-state index in [1.165, 1.54) is 14.2 Å². The van der Waals surface area contributed by atoms with Gasteiger partial charge in [-0.1, -0.05) is 49.6 Å². The maximum atomic E-state index is 12.6. The summed E-state index contributed by atoms with van der Waals surface area (Å²) in [6.07, 6.45) is 4.81. The Labute approximate surface area is 336 Å². The molecular weight excluding hydrogens is 799 g/mol. The molecule has 0 fully saturated rings. The van der Waals surface area contributed by atoms with E-state index in [0.29, 0.717) is 35.7 Å². The summed E-state index contributed by atoms with van der Waals surface area (Å²) in [4.78, 5) is 2.82. The average molecular weight is 852 g/mol. The summed E-state index contributed by atoms with van der Waals surface area (Å²) in [5.74, 6) is 0.385. The highest BCUT2D eigenvalue weighted by Gasteiger charge is 2.35. The Bertz CT molecular complexity index is 1930. The first-order chi connectivity index (χ1) is 25.9. The molecular formula is C36H52N7O7P3S2. The van der Waals surface area contributed by atoms with Gasteiger partial charge in [-0.3, -0.25) is 14.1 Å². The number of hydrogen-bond donors (Lipinski definition) is 1. The Kier molecular flexibility index (Phi) is 17.0. The highest BCUT2D eigenvalue weighted by Crippen LogP contribution is 2.58. The van der Waals surface area contributed by atoms with Crippen LogP contribution in [0.15, 0.2) is 88.1 Å². The van der Waals surface area contributed by atoms with Gasteiger partial charge in [-0.05, 0) is 129 Å². The van der Waals surface area contributed by atoms with Crippen LogP contribution in [0, 0.1) is 0 Å². The van der Waals surface area contributed by atoms with Gasteiger partial charge in [-0.25, -0.2) is 0 Å². The normalized spacial score (nSPS) is 16.0. The number of hydrogen-bond acceptors (Lipinski definition) is 12. The second-order valence-corrected chi connectivity index (χ2v) is 22.5. The van der Waals surface area contributed by atoms with Crippen molar-refractivity contribution in [1.82, 2.24) is 9.56 Å². The van der Waals surface area contributed by atoms with Gasteiger partial charge in [0.1, 0.15) is 27.9 Å². The van der Waals surface area contributed by atoms with Crippen molar-refractivity contribution in [3.05, 3.63) is 99.9 Å². The molecule has 3 aromatic carbocycles. The predicted octanol–water partition coefficient (Wildman–Crippen LogP) is 9.71. The molecule has 0 saturated carbocycles. The summed E-state index contributed by atoms with van der Waals surface area (Å²) in [6.45, 7) is 7.93. The zero-order chi connectivity index (χ0) is 41.0. The van der Waals surface area contributed by atoms with E-state index in [-0.39, 0.29) is 0 Å². The lowest BCUT2D eigenvalue weighted by Crippen LogP contribution is -2.30. The van der Waals surface area contributed by atoms with E-state index in [0.717, 1.165) is 11.1 Å². The Morgan fingerprint density at radius 1 is 0.764 bits per heavy atom. The fraction of sp³-hybridized carbons (Fsp3) is 0.444. The standard InChI is InChI=1S/C36H52N7O7P3S2/c1-11-35(5,51(54)42(7)38-25-27-13-19-30(20-14-27)48-34(3,4)40-41-37)49-31-21-15-28(16-22-31)26-39-43(8)52(55)36(6,12-2)50-32-23-17-29(18-24-32)33(44)53(45,46-9)47-10/h13-26,33,44,51-52H,11-12H2,1-10H3/b38-25+,39-26+. The third-order valence-electron chi connectivity index (χ3n) is 8.69. The third kappa shape index (κ3) is 12.6. The molecule has 0 amide bonds. The van der Waals surface area contributed by atoms with E-state index in [4.69, 9.17) is 52.4 Å². The summed E-state index contributed by atoms with van der Waals surface area (Å²) < 4.78 is 44.7. The molecule has 0 saturated heterocycles. The number of aliphatic hydroxyl groups is 1. The molecule has 3 aromatic rings. The van der Waals surface area contributed by atoms with E-state index >= 15 is 0 Å². The molecule has 14 nitrogen and oxygen atoms in total. The van der Waals surface area contributed by atoms with Crippen LogP contribution in [0.25, 0.3) is 10.4 Å². The molecule has 0 aromatic heterocycles. The van der Waals surface area contributed by atoms with Crippen LogP contribution >= 0.6 is 21.3 Å². The lowest BCUT2D eigenvalue weighted by Gasteiger charge is -2.34. The largest absolute Gasteiger partial charge is 0.482 e. The van der Waals surface area contributed by atoms with Gasteiger partial charge in [0, 0.05) is 33.2 Å². The molecule has 1 N–H and O–H groups in total. The smallest absolute Gasteiger partial charge is 0.362 e. The summed E-state index contributed by atoms with van der Waals surface area (Å²) in [7, 11) is 2.46. The second-order valence-electron chi connectivity index (χ2n) is 13.2. The van der Waals surface area contributed by atoms with Gasteiger partial charge in [0.25, 0.3) is 0 Å². The summed E-state index contributed by atoms with van der Waals surface area (Å²) in [5.41, 5.74) is 9.82. The number of ether oxygens (including phenoxy) is 3. The zero-order valence-electron chi connectivity index (χ0n) is 32.9. The van der Waals surface area contributed by atoms with E-state index in [9.17, 15) is 9.67 Å². The van der Waals surface area contributed by atoms with Gasteiger partial charge in [0.05, 0.1) is 26.1 Å². The third-order valence-corrected chi connectivity index (χ3v) is 18.9. The molecule has 0 aliphatic heterocycles.